The van der Waals surface area contributed by atoms with Crippen LogP contribution in [-0.2, 0) is 16.0 Å². The van der Waals surface area contributed by atoms with Crippen LogP contribution >= 0.6 is 0 Å². The molecule has 0 bridgehead atoms. The molecule has 2 rings (SSSR count). The van der Waals surface area contributed by atoms with Crippen LogP contribution < -0.4 is 16.8 Å². The zero-order valence-corrected chi connectivity index (χ0v) is 14.7. The first-order valence-electron chi connectivity index (χ1n) is 8.92. The lowest BCUT2D eigenvalue weighted by Gasteiger charge is -2.32. The van der Waals surface area contributed by atoms with Gasteiger partial charge in [-0.15, -0.1) is 0 Å². The topological polar surface area (TPSA) is 120 Å². The summed E-state index contributed by atoms with van der Waals surface area (Å²) in [5, 5.41) is 3.26. The quantitative estimate of drug-likeness (QED) is 0.657. The Labute approximate surface area is 148 Å². The molecule has 1 amide bonds. The Balaban J connectivity index is 1.95. The minimum atomic E-state index is -0.899. The second kappa shape index (κ2) is 9.36. The molecule has 1 aromatic rings. The first-order chi connectivity index (χ1) is 12.0. The number of amides is 1. The van der Waals surface area contributed by atoms with E-state index in [0.717, 1.165) is 31.4 Å². The van der Waals surface area contributed by atoms with Gasteiger partial charge in [-0.05, 0) is 49.8 Å². The molecule has 0 spiro atoms. The van der Waals surface area contributed by atoms with E-state index in [1.54, 1.807) is 12.3 Å². The fraction of sp³-hybridized carbons (Fsp3) is 0.611. The van der Waals surface area contributed by atoms with Crippen LogP contribution in [0.15, 0.2) is 18.3 Å². The lowest BCUT2D eigenvalue weighted by atomic mass is 9.79. The van der Waals surface area contributed by atoms with Crippen molar-refractivity contribution in [1.82, 2.24) is 10.3 Å². The summed E-state index contributed by atoms with van der Waals surface area (Å²) in [6.07, 6.45) is 3.85. The second-order valence-corrected chi connectivity index (χ2v) is 6.58. The van der Waals surface area contributed by atoms with Gasteiger partial charge in [-0.25, -0.2) is 9.78 Å². The molecule has 0 radical (unpaired) electrons. The van der Waals surface area contributed by atoms with E-state index in [1.165, 1.54) is 0 Å². The third-order valence-corrected chi connectivity index (χ3v) is 4.87. The number of anilines is 1. The first-order valence-corrected chi connectivity index (χ1v) is 8.92. The zero-order valence-electron chi connectivity index (χ0n) is 14.7. The van der Waals surface area contributed by atoms with E-state index in [-0.39, 0.29) is 11.7 Å². The van der Waals surface area contributed by atoms with Crippen LogP contribution in [0.2, 0.25) is 0 Å². The number of nitrogens with two attached hydrogens (primary N) is 2. The molecule has 1 aliphatic heterocycles. The summed E-state index contributed by atoms with van der Waals surface area (Å²) in [6.45, 7) is 3.65. The number of nitrogens with one attached hydrogen (secondary N) is 1. The van der Waals surface area contributed by atoms with Crippen molar-refractivity contribution in [2.75, 3.05) is 18.8 Å². The summed E-state index contributed by atoms with van der Waals surface area (Å²) >= 11 is 0. The zero-order chi connectivity index (χ0) is 18.2. The van der Waals surface area contributed by atoms with Gasteiger partial charge >= 0.3 is 6.09 Å². The molecule has 1 aromatic heterocycles. The van der Waals surface area contributed by atoms with E-state index in [0.29, 0.717) is 31.1 Å². The predicted molar refractivity (Wildman–Crippen MR) is 95.8 cm³/mol. The van der Waals surface area contributed by atoms with Gasteiger partial charge in [-0.3, -0.25) is 4.79 Å². The Morgan fingerprint density at radius 1 is 1.44 bits per heavy atom. The van der Waals surface area contributed by atoms with Crippen LogP contribution in [-0.4, -0.2) is 36.1 Å². The van der Waals surface area contributed by atoms with Crippen molar-refractivity contribution in [2.24, 2.45) is 17.6 Å². The van der Waals surface area contributed by atoms with Crippen LogP contribution in [0.3, 0.4) is 0 Å². The number of carbonyl (C=O) groups excluding carboxylic acids is 2. The Hall–Kier alpha value is -2.15. The molecule has 0 aromatic carbocycles. The van der Waals surface area contributed by atoms with Gasteiger partial charge in [0.2, 0.25) is 0 Å². The number of Topliss-reactive ketones (excluding diaryl/α,β-unsaturated/α-hetero) is 1. The van der Waals surface area contributed by atoms with Crippen molar-refractivity contribution in [3.05, 3.63) is 23.9 Å². The van der Waals surface area contributed by atoms with Crippen molar-refractivity contribution in [2.45, 2.75) is 45.1 Å². The number of hydrogen-bond acceptors (Lipinski definition) is 6. The normalized spacial score (nSPS) is 21.5. The van der Waals surface area contributed by atoms with Gasteiger partial charge < -0.3 is 21.5 Å². The number of ketones is 1. The number of ether oxygens (including phenoxy) is 1. The molecular formula is C18H28N4O3. The third kappa shape index (κ3) is 5.70. The van der Waals surface area contributed by atoms with Crippen molar-refractivity contribution in [1.29, 1.82) is 0 Å². The summed E-state index contributed by atoms with van der Waals surface area (Å²) in [4.78, 5) is 28.2. The standard InChI is InChI=1S/C18H28N4O3/c1-2-13-8-9-21-11-14(13)17(23)15(25-18(20)24)5-3-4-12-6-7-16(19)22-10-12/h6-7,10,13-15,21H,2-5,8-9,11H2,1H3,(H2,19,22)(H2,20,24). The molecule has 7 heteroatoms. The Morgan fingerprint density at radius 2 is 2.24 bits per heavy atom. The van der Waals surface area contributed by atoms with E-state index in [4.69, 9.17) is 16.2 Å². The molecule has 0 aliphatic carbocycles. The summed E-state index contributed by atoms with van der Waals surface area (Å²) < 4.78 is 5.14. The molecule has 1 fully saturated rings. The van der Waals surface area contributed by atoms with E-state index in [1.807, 2.05) is 6.07 Å². The molecule has 3 atom stereocenters. The van der Waals surface area contributed by atoms with Gasteiger partial charge in [0.15, 0.2) is 11.9 Å². The maximum Gasteiger partial charge on any atom is 0.405 e. The second-order valence-electron chi connectivity index (χ2n) is 6.58. The summed E-state index contributed by atoms with van der Waals surface area (Å²) in [5.41, 5.74) is 11.8. The highest BCUT2D eigenvalue weighted by molar-refractivity contribution is 5.87. The number of pyridine rings is 1. The molecule has 0 saturated carbocycles. The third-order valence-electron chi connectivity index (χ3n) is 4.87. The number of piperidine rings is 1. The summed E-state index contributed by atoms with van der Waals surface area (Å²) in [6, 6.07) is 3.66. The molecular weight excluding hydrogens is 320 g/mol. The largest absolute Gasteiger partial charge is 0.438 e. The van der Waals surface area contributed by atoms with Gasteiger partial charge in [0.25, 0.3) is 0 Å². The maximum atomic E-state index is 12.9. The average molecular weight is 348 g/mol. The Kier molecular flexibility index (Phi) is 7.18. The van der Waals surface area contributed by atoms with E-state index in [2.05, 4.69) is 17.2 Å². The number of aromatic nitrogens is 1. The minimum absolute atomic E-state index is 0.0201. The maximum absolute atomic E-state index is 12.9. The van der Waals surface area contributed by atoms with Crippen LogP contribution in [0, 0.1) is 11.8 Å². The van der Waals surface area contributed by atoms with Crippen LogP contribution in [0.4, 0.5) is 10.6 Å². The molecule has 2 heterocycles. The molecule has 3 unspecified atom stereocenters. The van der Waals surface area contributed by atoms with Gasteiger partial charge in [0.05, 0.1) is 0 Å². The lowest BCUT2D eigenvalue weighted by molar-refractivity contribution is -0.134. The predicted octanol–water partition coefficient (Wildman–Crippen LogP) is 1.66. The van der Waals surface area contributed by atoms with Gasteiger partial charge in [-0.2, -0.15) is 0 Å². The Bertz CT molecular complexity index is 576. The molecule has 1 aliphatic rings. The van der Waals surface area contributed by atoms with Crippen molar-refractivity contribution in [3.63, 3.8) is 0 Å². The van der Waals surface area contributed by atoms with Crippen molar-refractivity contribution >= 4 is 17.7 Å². The molecule has 7 nitrogen and oxygen atoms in total. The monoisotopic (exact) mass is 348 g/mol. The fourth-order valence-electron chi connectivity index (χ4n) is 3.45. The highest BCUT2D eigenvalue weighted by atomic mass is 16.6. The number of nitrogen functional groups attached to an aromatic ring is 1. The number of rotatable bonds is 8. The van der Waals surface area contributed by atoms with Crippen molar-refractivity contribution in [3.8, 4) is 0 Å². The Morgan fingerprint density at radius 3 is 2.88 bits per heavy atom. The minimum Gasteiger partial charge on any atom is -0.438 e. The summed E-state index contributed by atoms with van der Waals surface area (Å²) in [5.74, 6) is 0.660. The molecule has 5 N–H and O–H groups in total. The highest BCUT2D eigenvalue weighted by Gasteiger charge is 2.35. The van der Waals surface area contributed by atoms with E-state index >= 15 is 0 Å². The van der Waals surface area contributed by atoms with Gasteiger partial charge in [0, 0.05) is 18.7 Å². The lowest BCUT2D eigenvalue weighted by Crippen LogP contribution is -2.45. The number of hydrogen-bond donors (Lipinski definition) is 3. The SMILES string of the molecule is CCC1CCNCC1C(=O)C(CCCc1ccc(N)nc1)OC(N)=O. The highest BCUT2D eigenvalue weighted by Crippen LogP contribution is 2.26. The van der Waals surface area contributed by atoms with E-state index in [9.17, 15) is 9.59 Å². The average Bonchev–Trinajstić information content (AvgIpc) is 2.61. The van der Waals surface area contributed by atoms with Gasteiger partial charge in [-0.1, -0.05) is 19.4 Å². The number of primary amides is 1. The molecule has 138 valence electrons. The molecule has 1 saturated heterocycles. The smallest absolute Gasteiger partial charge is 0.405 e. The number of aryl methyl sites for hydroxylation is 1. The number of nitrogens with zero attached hydrogens (tertiary/aromatic N) is 1. The van der Waals surface area contributed by atoms with Crippen LogP contribution in [0.25, 0.3) is 0 Å². The number of carbonyl (C=O) groups is 2. The first kappa shape index (κ1) is 19.2. The fourth-order valence-corrected chi connectivity index (χ4v) is 3.45. The molecule has 25 heavy (non-hydrogen) atoms. The van der Waals surface area contributed by atoms with Crippen LogP contribution in [0.5, 0.6) is 0 Å². The summed E-state index contributed by atoms with van der Waals surface area (Å²) in [7, 11) is 0. The van der Waals surface area contributed by atoms with Gasteiger partial charge in [0.1, 0.15) is 5.82 Å². The van der Waals surface area contributed by atoms with Crippen molar-refractivity contribution < 1.29 is 14.3 Å². The van der Waals surface area contributed by atoms with E-state index < -0.39 is 12.2 Å². The van der Waals surface area contributed by atoms with Crippen LogP contribution in [0.1, 0.15) is 38.2 Å².